The van der Waals surface area contributed by atoms with Gasteiger partial charge in [0.05, 0.1) is 23.9 Å². The molecular weight excluding hydrogens is 416 g/mol. The van der Waals surface area contributed by atoms with Gasteiger partial charge in [0, 0.05) is 18.8 Å². The number of hydrogen-bond donors (Lipinski definition) is 2. The third-order valence-electron chi connectivity index (χ3n) is 6.18. The maximum Gasteiger partial charge on any atom is 0.337 e. The van der Waals surface area contributed by atoms with Gasteiger partial charge in [-0.05, 0) is 61.1 Å². The molecule has 3 aromatic rings. The van der Waals surface area contributed by atoms with Crippen LogP contribution in [0, 0.1) is 5.92 Å². The van der Waals surface area contributed by atoms with Crippen LogP contribution in [0.4, 0.5) is 11.4 Å². The quantitative estimate of drug-likeness (QED) is 0.530. The normalized spacial score (nSPS) is 14.0. The number of ether oxygens (including phenoxy) is 1. The molecule has 0 saturated carbocycles. The Morgan fingerprint density at radius 3 is 2.36 bits per heavy atom. The van der Waals surface area contributed by atoms with E-state index in [-0.39, 0.29) is 11.3 Å². The number of nitrogens with one attached hydrogen (secondary N) is 1. The fraction of sp³-hybridized carbons (Fsp3) is 0.259. The number of carbonyl (C=O) groups is 2. The summed E-state index contributed by atoms with van der Waals surface area (Å²) in [5.41, 5.74) is 2.91. The first-order valence-electron chi connectivity index (χ1n) is 11.2. The predicted molar refractivity (Wildman–Crippen MR) is 129 cm³/mol. The number of piperidine rings is 1. The molecule has 6 heteroatoms. The molecule has 3 aromatic carbocycles. The van der Waals surface area contributed by atoms with Crippen molar-refractivity contribution < 1.29 is 19.4 Å². The smallest absolute Gasteiger partial charge is 0.337 e. The molecule has 0 aliphatic carbocycles. The minimum Gasteiger partial charge on any atom is -0.496 e. The van der Waals surface area contributed by atoms with Crippen LogP contribution in [-0.2, 0) is 6.42 Å². The number of carbonyl (C=O) groups excluding carboxylic acids is 1. The lowest BCUT2D eigenvalue weighted by molar-refractivity contribution is 0.0698. The Hall–Kier alpha value is -3.80. The topological polar surface area (TPSA) is 78.9 Å². The maximum atomic E-state index is 12.7. The number of carboxylic acid groups (broad SMARTS) is 1. The number of amides is 1. The van der Waals surface area contributed by atoms with Crippen molar-refractivity contribution in [1.82, 2.24) is 0 Å². The predicted octanol–water partition coefficient (Wildman–Crippen LogP) is 5.10. The van der Waals surface area contributed by atoms with E-state index in [1.807, 2.05) is 12.1 Å². The van der Waals surface area contributed by atoms with E-state index >= 15 is 0 Å². The van der Waals surface area contributed by atoms with Crippen LogP contribution < -0.4 is 15.0 Å². The van der Waals surface area contributed by atoms with Crippen molar-refractivity contribution in [2.45, 2.75) is 19.3 Å². The summed E-state index contributed by atoms with van der Waals surface area (Å²) in [6.07, 6.45) is 3.19. The van der Waals surface area contributed by atoms with Crippen LogP contribution in [0.2, 0.25) is 0 Å². The highest BCUT2D eigenvalue weighted by molar-refractivity contribution is 6.09. The van der Waals surface area contributed by atoms with Gasteiger partial charge in [-0.3, -0.25) is 4.79 Å². The first-order chi connectivity index (χ1) is 16.0. The minimum absolute atomic E-state index is 0.0714. The Bertz CT molecular complexity index is 1120. The third-order valence-corrected chi connectivity index (χ3v) is 6.18. The fourth-order valence-electron chi connectivity index (χ4n) is 4.38. The molecule has 1 saturated heterocycles. The average Bonchev–Trinajstić information content (AvgIpc) is 2.85. The Morgan fingerprint density at radius 1 is 0.970 bits per heavy atom. The molecule has 0 unspecified atom stereocenters. The highest BCUT2D eigenvalue weighted by Gasteiger charge is 2.22. The Kier molecular flexibility index (Phi) is 6.93. The fourth-order valence-corrected chi connectivity index (χ4v) is 4.38. The number of methoxy groups -OCH3 is 1. The van der Waals surface area contributed by atoms with E-state index in [0.29, 0.717) is 17.2 Å². The summed E-state index contributed by atoms with van der Waals surface area (Å²) >= 11 is 0. The number of benzene rings is 3. The lowest BCUT2D eigenvalue weighted by Crippen LogP contribution is -2.34. The first kappa shape index (κ1) is 22.4. The Balaban J connectivity index is 1.45. The molecule has 33 heavy (non-hydrogen) atoms. The summed E-state index contributed by atoms with van der Waals surface area (Å²) in [5.74, 6) is -0.431. The van der Waals surface area contributed by atoms with Crippen LogP contribution in [0.25, 0.3) is 0 Å². The summed E-state index contributed by atoms with van der Waals surface area (Å²) in [5, 5.41) is 12.5. The van der Waals surface area contributed by atoms with Crippen molar-refractivity contribution >= 4 is 23.3 Å². The van der Waals surface area contributed by atoms with E-state index in [4.69, 9.17) is 4.74 Å². The highest BCUT2D eigenvalue weighted by Crippen LogP contribution is 2.29. The van der Waals surface area contributed by atoms with Crippen molar-refractivity contribution in [1.29, 1.82) is 0 Å². The zero-order valence-corrected chi connectivity index (χ0v) is 18.7. The lowest BCUT2D eigenvalue weighted by atomic mass is 9.90. The molecule has 4 rings (SSSR count). The van der Waals surface area contributed by atoms with Crippen LogP contribution >= 0.6 is 0 Å². The van der Waals surface area contributed by atoms with Crippen molar-refractivity contribution in [3.63, 3.8) is 0 Å². The molecule has 1 fully saturated rings. The van der Waals surface area contributed by atoms with E-state index in [2.05, 4.69) is 34.5 Å². The van der Waals surface area contributed by atoms with Gasteiger partial charge in [0.1, 0.15) is 5.75 Å². The van der Waals surface area contributed by atoms with E-state index < -0.39 is 11.9 Å². The Morgan fingerprint density at radius 2 is 1.67 bits per heavy atom. The van der Waals surface area contributed by atoms with Crippen molar-refractivity contribution in [2.75, 3.05) is 30.4 Å². The number of para-hydroxylation sites is 1. The van der Waals surface area contributed by atoms with Crippen molar-refractivity contribution in [3.8, 4) is 5.75 Å². The van der Waals surface area contributed by atoms with Gasteiger partial charge in [0.25, 0.3) is 5.91 Å². The van der Waals surface area contributed by atoms with Crippen LogP contribution in [0.5, 0.6) is 5.75 Å². The van der Waals surface area contributed by atoms with Crippen molar-refractivity contribution in [3.05, 3.63) is 89.5 Å². The second kappa shape index (κ2) is 10.2. The number of aromatic carboxylic acids is 1. The van der Waals surface area contributed by atoms with Crippen LogP contribution in [0.1, 0.15) is 39.1 Å². The highest BCUT2D eigenvalue weighted by atomic mass is 16.5. The molecule has 170 valence electrons. The lowest BCUT2D eigenvalue weighted by Gasteiger charge is -2.34. The second-order valence-corrected chi connectivity index (χ2v) is 8.31. The van der Waals surface area contributed by atoms with Gasteiger partial charge in [-0.15, -0.1) is 0 Å². The molecular formula is C27H28N2O4. The monoisotopic (exact) mass is 444 g/mol. The average molecular weight is 445 g/mol. The van der Waals surface area contributed by atoms with Gasteiger partial charge in [-0.1, -0.05) is 42.5 Å². The van der Waals surface area contributed by atoms with Gasteiger partial charge in [0.15, 0.2) is 0 Å². The second-order valence-electron chi connectivity index (χ2n) is 8.31. The van der Waals surface area contributed by atoms with Gasteiger partial charge in [0.2, 0.25) is 0 Å². The number of nitrogens with zero attached hydrogens (tertiary/aromatic N) is 1. The Labute approximate surface area is 193 Å². The summed E-state index contributed by atoms with van der Waals surface area (Å²) in [7, 11) is 1.49. The molecule has 1 aliphatic rings. The third kappa shape index (κ3) is 5.34. The SMILES string of the molecule is COc1ccccc1C(=O)Nc1ccc(N2CCC(Cc3ccccc3)CC2)cc1C(=O)O. The molecule has 6 nitrogen and oxygen atoms in total. The first-order valence-corrected chi connectivity index (χ1v) is 11.2. The number of rotatable bonds is 7. The molecule has 0 bridgehead atoms. The summed E-state index contributed by atoms with van der Waals surface area (Å²) in [6.45, 7) is 1.76. The molecule has 0 aromatic heterocycles. The van der Waals surface area contributed by atoms with Crippen LogP contribution in [-0.4, -0.2) is 37.2 Å². The van der Waals surface area contributed by atoms with E-state index in [1.54, 1.807) is 36.4 Å². The number of carboxylic acids is 1. The van der Waals surface area contributed by atoms with E-state index in [1.165, 1.54) is 12.7 Å². The molecule has 1 aliphatic heterocycles. The minimum atomic E-state index is -1.08. The van der Waals surface area contributed by atoms with E-state index in [9.17, 15) is 14.7 Å². The standard InChI is InChI=1S/C27H28N2O4/c1-33-25-10-6-5-9-22(25)26(30)28-24-12-11-21(18-23(24)27(31)32)29-15-13-20(14-16-29)17-19-7-3-2-4-8-19/h2-12,18,20H,13-17H2,1H3,(H,28,30)(H,31,32). The summed E-state index contributed by atoms with van der Waals surface area (Å²) < 4.78 is 5.24. The molecule has 0 spiro atoms. The maximum absolute atomic E-state index is 12.7. The molecule has 0 atom stereocenters. The number of anilines is 2. The van der Waals surface area contributed by atoms with E-state index in [0.717, 1.165) is 38.0 Å². The molecule has 1 heterocycles. The van der Waals surface area contributed by atoms with Crippen LogP contribution in [0.15, 0.2) is 72.8 Å². The molecule has 0 radical (unpaired) electrons. The number of hydrogen-bond acceptors (Lipinski definition) is 4. The van der Waals surface area contributed by atoms with Crippen LogP contribution in [0.3, 0.4) is 0 Å². The molecule has 1 amide bonds. The van der Waals surface area contributed by atoms with Gasteiger partial charge in [-0.25, -0.2) is 4.79 Å². The largest absolute Gasteiger partial charge is 0.496 e. The van der Waals surface area contributed by atoms with Crippen molar-refractivity contribution in [2.24, 2.45) is 5.92 Å². The zero-order chi connectivity index (χ0) is 23.2. The van der Waals surface area contributed by atoms with Gasteiger partial charge < -0.3 is 20.1 Å². The summed E-state index contributed by atoms with van der Waals surface area (Å²) in [4.78, 5) is 26.9. The zero-order valence-electron chi connectivity index (χ0n) is 18.7. The summed E-state index contributed by atoms with van der Waals surface area (Å²) in [6, 6.07) is 22.6. The van der Waals surface area contributed by atoms with Gasteiger partial charge in [-0.2, -0.15) is 0 Å². The molecule has 2 N–H and O–H groups in total. The van der Waals surface area contributed by atoms with Gasteiger partial charge >= 0.3 is 5.97 Å².